The van der Waals surface area contributed by atoms with Gasteiger partial charge < -0.3 is 16.2 Å². The standard InChI is InChI=1S/C14H13F4N3O3/c1-21-12(20)10(11(19)14(16,17)18)13(23)24-6-9(22)7-4-2-3-5-8(7)15/h2-5H,6,19H2,1H3,(H2,20,21). The Labute approximate surface area is 133 Å². The van der Waals surface area contributed by atoms with Crippen molar-refractivity contribution >= 4 is 17.6 Å². The Morgan fingerprint density at radius 2 is 1.79 bits per heavy atom. The van der Waals surface area contributed by atoms with E-state index in [2.05, 4.69) is 9.73 Å². The van der Waals surface area contributed by atoms with Gasteiger partial charge in [-0.25, -0.2) is 9.18 Å². The average molecular weight is 347 g/mol. The van der Waals surface area contributed by atoms with E-state index in [4.69, 9.17) is 11.5 Å². The van der Waals surface area contributed by atoms with Crippen LogP contribution in [0, 0.1) is 5.82 Å². The molecular weight excluding hydrogens is 334 g/mol. The number of benzene rings is 1. The number of Topliss-reactive ketones (excluding diaryl/α,β-unsaturated/α-hetero) is 1. The van der Waals surface area contributed by atoms with E-state index in [0.29, 0.717) is 0 Å². The van der Waals surface area contributed by atoms with Crippen LogP contribution in [0.25, 0.3) is 0 Å². The number of aliphatic imine (C=N–C) groups is 1. The fourth-order valence-corrected chi connectivity index (χ4v) is 1.57. The number of halogens is 4. The number of amidine groups is 1. The van der Waals surface area contributed by atoms with Gasteiger partial charge in [-0.2, -0.15) is 13.2 Å². The minimum Gasteiger partial charge on any atom is -0.454 e. The number of esters is 1. The Morgan fingerprint density at radius 3 is 2.29 bits per heavy atom. The number of ether oxygens (including phenoxy) is 1. The molecule has 0 aliphatic heterocycles. The fraction of sp³-hybridized carbons (Fsp3) is 0.214. The summed E-state index contributed by atoms with van der Waals surface area (Å²) in [6.07, 6.45) is -5.06. The zero-order chi connectivity index (χ0) is 18.5. The molecule has 0 amide bonds. The topological polar surface area (TPSA) is 108 Å². The van der Waals surface area contributed by atoms with E-state index >= 15 is 0 Å². The van der Waals surface area contributed by atoms with Crippen molar-refractivity contribution in [2.75, 3.05) is 13.7 Å². The number of alkyl halides is 3. The first-order valence-electron chi connectivity index (χ1n) is 6.34. The molecule has 0 aliphatic rings. The van der Waals surface area contributed by atoms with Gasteiger partial charge in [0.1, 0.15) is 22.9 Å². The van der Waals surface area contributed by atoms with Crippen LogP contribution >= 0.6 is 0 Å². The molecule has 0 atom stereocenters. The highest BCUT2D eigenvalue weighted by atomic mass is 19.4. The largest absolute Gasteiger partial charge is 0.454 e. The molecular formula is C14H13F4N3O3. The van der Waals surface area contributed by atoms with Crippen LogP contribution in [0.3, 0.4) is 0 Å². The van der Waals surface area contributed by atoms with Gasteiger partial charge in [0.25, 0.3) is 0 Å². The van der Waals surface area contributed by atoms with E-state index in [-0.39, 0.29) is 5.56 Å². The highest BCUT2D eigenvalue weighted by molar-refractivity contribution is 6.19. The molecule has 1 aromatic rings. The summed E-state index contributed by atoms with van der Waals surface area (Å²) < 4.78 is 55.8. The molecule has 0 radical (unpaired) electrons. The van der Waals surface area contributed by atoms with Crippen molar-refractivity contribution in [3.63, 3.8) is 0 Å². The highest BCUT2D eigenvalue weighted by Gasteiger charge is 2.38. The first kappa shape index (κ1) is 19.1. The maximum Gasteiger partial charge on any atom is 0.431 e. The normalized spacial score (nSPS) is 13.3. The number of hydrogen-bond donors (Lipinski definition) is 2. The molecule has 1 aromatic carbocycles. The number of ketones is 1. The minimum absolute atomic E-state index is 0.378. The minimum atomic E-state index is -5.06. The van der Waals surface area contributed by atoms with Crippen molar-refractivity contribution in [3.05, 3.63) is 46.9 Å². The van der Waals surface area contributed by atoms with Gasteiger partial charge in [0, 0.05) is 7.05 Å². The second kappa shape index (κ2) is 7.57. The molecule has 1 rings (SSSR count). The van der Waals surface area contributed by atoms with Gasteiger partial charge >= 0.3 is 12.1 Å². The first-order chi connectivity index (χ1) is 11.1. The first-order valence-corrected chi connectivity index (χ1v) is 6.34. The van der Waals surface area contributed by atoms with Gasteiger partial charge in [-0.05, 0) is 12.1 Å². The number of rotatable bonds is 5. The van der Waals surface area contributed by atoms with Crippen molar-refractivity contribution in [1.29, 1.82) is 0 Å². The predicted molar refractivity (Wildman–Crippen MR) is 76.5 cm³/mol. The Hall–Kier alpha value is -2.91. The third-order valence-corrected chi connectivity index (χ3v) is 2.78. The molecule has 0 fully saturated rings. The Morgan fingerprint density at radius 1 is 1.21 bits per heavy atom. The summed E-state index contributed by atoms with van der Waals surface area (Å²) in [4.78, 5) is 26.8. The van der Waals surface area contributed by atoms with Crippen molar-refractivity contribution in [3.8, 4) is 0 Å². The maximum atomic E-state index is 13.4. The lowest BCUT2D eigenvalue weighted by Gasteiger charge is -2.13. The molecule has 0 bridgehead atoms. The molecule has 6 nitrogen and oxygen atoms in total. The molecule has 10 heteroatoms. The van der Waals surface area contributed by atoms with Gasteiger partial charge in [0.2, 0.25) is 5.78 Å². The van der Waals surface area contributed by atoms with Crippen LogP contribution < -0.4 is 11.5 Å². The van der Waals surface area contributed by atoms with Crippen molar-refractivity contribution in [1.82, 2.24) is 0 Å². The van der Waals surface area contributed by atoms with Gasteiger partial charge in [-0.1, -0.05) is 12.1 Å². The number of carbonyl (C=O) groups is 2. The molecule has 0 aromatic heterocycles. The third kappa shape index (κ3) is 4.54. The van der Waals surface area contributed by atoms with E-state index in [0.717, 1.165) is 19.2 Å². The molecule has 0 aliphatic carbocycles. The van der Waals surface area contributed by atoms with E-state index in [1.54, 1.807) is 0 Å². The summed E-state index contributed by atoms with van der Waals surface area (Å²) >= 11 is 0. The molecule has 130 valence electrons. The van der Waals surface area contributed by atoms with Crippen molar-refractivity contribution in [2.24, 2.45) is 16.5 Å². The smallest absolute Gasteiger partial charge is 0.431 e. The second-order valence-electron chi connectivity index (χ2n) is 4.37. The quantitative estimate of drug-likeness (QED) is 0.209. The van der Waals surface area contributed by atoms with Gasteiger partial charge in [-0.3, -0.25) is 9.79 Å². The zero-order valence-corrected chi connectivity index (χ0v) is 12.4. The van der Waals surface area contributed by atoms with E-state index < -0.39 is 47.5 Å². The van der Waals surface area contributed by atoms with Gasteiger partial charge in [0.15, 0.2) is 6.61 Å². The van der Waals surface area contributed by atoms with Crippen molar-refractivity contribution in [2.45, 2.75) is 6.18 Å². The predicted octanol–water partition coefficient (Wildman–Crippen LogP) is 1.31. The molecule has 0 heterocycles. The fourth-order valence-electron chi connectivity index (χ4n) is 1.57. The monoisotopic (exact) mass is 347 g/mol. The number of allylic oxidation sites excluding steroid dienone is 1. The maximum absolute atomic E-state index is 13.4. The van der Waals surface area contributed by atoms with Crippen molar-refractivity contribution < 1.29 is 31.9 Å². The summed E-state index contributed by atoms with van der Waals surface area (Å²) in [5.41, 5.74) is 6.68. The molecule has 0 saturated carbocycles. The third-order valence-electron chi connectivity index (χ3n) is 2.78. The Balaban J connectivity index is 2.99. The average Bonchev–Trinajstić information content (AvgIpc) is 2.52. The summed E-state index contributed by atoms with van der Waals surface area (Å²) in [6, 6.07) is 4.84. The molecule has 24 heavy (non-hydrogen) atoms. The molecule has 0 unspecified atom stereocenters. The summed E-state index contributed by atoms with van der Waals surface area (Å²) in [5.74, 6) is -4.22. The number of hydrogen-bond acceptors (Lipinski definition) is 5. The summed E-state index contributed by atoms with van der Waals surface area (Å²) in [7, 11) is 1.04. The van der Waals surface area contributed by atoms with Crippen LogP contribution in [0.1, 0.15) is 10.4 Å². The highest BCUT2D eigenvalue weighted by Crippen LogP contribution is 2.25. The van der Waals surface area contributed by atoms with Crippen LogP contribution in [-0.2, 0) is 9.53 Å². The van der Waals surface area contributed by atoms with Crippen LogP contribution in [0.4, 0.5) is 17.6 Å². The lowest BCUT2D eigenvalue weighted by Crippen LogP contribution is -2.33. The van der Waals surface area contributed by atoms with Crippen LogP contribution in [0.15, 0.2) is 40.5 Å². The summed E-state index contributed by atoms with van der Waals surface area (Å²) in [5, 5.41) is 0. The number of carbonyl (C=O) groups excluding carboxylic acids is 2. The number of nitrogens with zero attached hydrogens (tertiary/aromatic N) is 1. The molecule has 4 N–H and O–H groups in total. The van der Waals surface area contributed by atoms with Crippen LogP contribution in [0.5, 0.6) is 0 Å². The second-order valence-corrected chi connectivity index (χ2v) is 4.37. The molecule has 0 spiro atoms. The van der Waals surface area contributed by atoms with E-state index in [1.165, 1.54) is 12.1 Å². The summed E-state index contributed by atoms with van der Waals surface area (Å²) in [6.45, 7) is -0.995. The van der Waals surface area contributed by atoms with Gasteiger partial charge in [-0.15, -0.1) is 0 Å². The lowest BCUT2D eigenvalue weighted by atomic mass is 10.1. The Kier molecular flexibility index (Phi) is 6.04. The van der Waals surface area contributed by atoms with Crippen LogP contribution in [0.2, 0.25) is 0 Å². The Bertz CT molecular complexity index is 711. The van der Waals surface area contributed by atoms with E-state index in [1.807, 2.05) is 0 Å². The van der Waals surface area contributed by atoms with E-state index in [9.17, 15) is 27.2 Å². The van der Waals surface area contributed by atoms with Crippen LogP contribution in [-0.4, -0.2) is 37.4 Å². The number of nitrogens with two attached hydrogens (primary N) is 2. The van der Waals surface area contributed by atoms with Gasteiger partial charge in [0.05, 0.1) is 5.56 Å². The SMILES string of the molecule is CN=C(N)C(C(=O)OCC(=O)c1ccccc1F)=C(N)C(F)(F)F. The molecule has 0 saturated heterocycles. The zero-order valence-electron chi connectivity index (χ0n) is 12.4. The lowest BCUT2D eigenvalue weighted by molar-refractivity contribution is -0.138.